The van der Waals surface area contributed by atoms with Crippen LogP contribution in [0, 0.1) is 5.41 Å². The van der Waals surface area contributed by atoms with Crippen molar-refractivity contribution in [3.8, 4) is 5.88 Å². The van der Waals surface area contributed by atoms with Gasteiger partial charge in [0.25, 0.3) is 0 Å². The van der Waals surface area contributed by atoms with Gasteiger partial charge < -0.3 is 15.0 Å². The molecule has 1 N–H and O–H groups in total. The van der Waals surface area contributed by atoms with Crippen LogP contribution in [0.1, 0.15) is 43.9 Å². The fourth-order valence-electron chi connectivity index (χ4n) is 3.68. The maximum atomic E-state index is 13.2. The minimum absolute atomic E-state index is 0.274. The summed E-state index contributed by atoms with van der Waals surface area (Å²) in [4.78, 5) is 18.7. The number of rotatable bonds is 7. The van der Waals surface area contributed by atoms with Crippen molar-refractivity contribution in [3.05, 3.63) is 41.9 Å². The third kappa shape index (κ3) is 5.98. The number of nitrogens with one attached hydrogen (secondary N) is 1. The largest absolute Gasteiger partial charge is 0.476 e. The van der Waals surface area contributed by atoms with Crippen molar-refractivity contribution in [1.82, 2.24) is 25.0 Å². The van der Waals surface area contributed by atoms with E-state index in [4.69, 9.17) is 4.74 Å². The molecule has 2 atom stereocenters. The van der Waals surface area contributed by atoms with E-state index in [1.54, 1.807) is 13.8 Å². The zero-order valence-electron chi connectivity index (χ0n) is 18.4. The molecule has 33 heavy (non-hydrogen) atoms. The van der Waals surface area contributed by atoms with Gasteiger partial charge in [0.1, 0.15) is 12.2 Å². The first kappa shape index (κ1) is 24.9. The molecule has 2 aromatic rings. The smallest absolute Gasteiger partial charge is 0.421 e. The van der Waals surface area contributed by atoms with Gasteiger partial charge in [-0.25, -0.2) is 9.67 Å². The number of piperidine rings is 1. The molecule has 0 aromatic carbocycles. The first-order valence-electron chi connectivity index (χ1n) is 10.3. The van der Waals surface area contributed by atoms with Crippen LogP contribution in [-0.4, -0.2) is 58.4 Å². The molecule has 3 heterocycles. The van der Waals surface area contributed by atoms with Crippen LogP contribution in [0.15, 0.2) is 30.7 Å². The number of aromatic nitrogens is 3. The third-order valence-corrected chi connectivity index (χ3v) is 5.64. The van der Waals surface area contributed by atoms with Gasteiger partial charge in [0.05, 0.1) is 11.6 Å². The molecule has 1 saturated heterocycles. The SMILES string of the molecule is CN1CC[C@@H](NC(=O)C(C)(C)COc2ncccc2C(F)(F)F)[C@H](c2cnn(C(F)F)c2)C1. The Hall–Kier alpha value is -2.76. The summed E-state index contributed by atoms with van der Waals surface area (Å²) in [5.41, 5.74) is -1.63. The van der Waals surface area contributed by atoms with Gasteiger partial charge in [0.2, 0.25) is 11.8 Å². The highest BCUT2D eigenvalue weighted by Crippen LogP contribution is 2.35. The van der Waals surface area contributed by atoms with Crippen molar-refractivity contribution in [2.24, 2.45) is 5.41 Å². The second-order valence-electron chi connectivity index (χ2n) is 8.80. The van der Waals surface area contributed by atoms with Gasteiger partial charge in [-0.15, -0.1) is 0 Å². The van der Waals surface area contributed by atoms with Gasteiger partial charge in [-0.2, -0.15) is 27.1 Å². The Balaban J connectivity index is 1.70. The van der Waals surface area contributed by atoms with Gasteiger partial charge >= 0.3 is 12.7 Å². The summed E-state index contributed by atoms with van der Waals surface area (Å²) in [5, 5.41) is 6.62. The monoisotopic (exact) mass is 475 g/mol. The van der Waals surface area contributed by atoms with Gasteiger partial charge in [-0.1, -0.05) is 0 Å². The Morgan fingerprint density at radius 1 is 1.33 bits per heavy atom. The van der Waals surface area contributed by atoms with Gasteiger partial charge in [0.15, 0.2) is 0 Å². The number of likely N-dealkylation sites (N-methyl/N-ethyl adjacent to an activating group) is 1. The number of hydrogen-bond donors (Lipinski definition) is 1. The molecule has 3 rings (SSSR count). The van der Waals surface area contributed by atoms with Crippen LogP contribution in [0.2, 0.25) is 0 Å². The maximum absolute atomic E-state index is 13.2. The lowest BCUT2D eigenvalue weighted by molar-refractivity contribution is -0.139. The highest BCUT2D eigenvalue weighted by atomic mass is 19.4. The van der Waals surface area contributed by atoms with E-state index in [9.17, 15) is 26.7 Å². The van der Waals surface area contributed by atoms with Crippen molar-refractivity contribution < 1.29 is 31.5 Å². The number of hydrogen-bond acceptors (Lipinski definition) is 5. The van der Waals surface area contributed by atoms with Gasteiger partial charge in [-0.3, -0.25) is 4.79 Å². The first-order valence-corrected chi connectivity index (χ1v) is 10.3. The topological polar surface area (TPSA) is 72.3 Å². The van der Waals surface area contributed by atoms with E-state index < -0.39 is 35.5 Å². The second-order valence-corrected chi connectivity index (χ2v) is 8.80. The predicted octanol–water partition coefficient (Wildman–Crippen LogP) is 3.70. The van der Waals surface area contributed by atoms with Crippen LogP contribution < -0.4 is 10.1 Å². The van der Waals surface area contributed by atoms with E-state index in [0.717, 1.165) is 12.1 Å². The molecule has 1 aliphatic rings. The fourth-order valence-corrected chi connectivity index (χ4v) is 3.68. The minimum atomic E-state index is -4.64. The summed E-state index contributed by atoms with van der Waals surface area (Å²) >= 11 is 0. The van der Waals surface area contributed by atoms with Crippen LogP contribution in [0.5, 0.6) is 5.88 Å². The van der Waals surface area contributed by atoms with Crippen molar-refractivity contribution in [2.75, 3.05) is 26.7 Å². The van der Waals surface area contributed by atoms with E-state index in [-0.39, 0.29) is 18.6 Å². The van der Waals surface area contributed by atoms with Crippen molar-refractivity contribution >= 4 is 5.91 Å². The third-order valence-electron chi connectivity index (χ3n) is 5.64. The van der Waals surface area contributed by atoms with Crippen LogP contribution in [0.25, 0.3) is 0 Å². The Kier molecular flexibility index (Phi) is 7.25. The van der Waals surface area contributed by atoms with Crippen LogP contribution in [-0.2, 0) is 11.0 Å². The number of amides is 1. The molecule has 12 heteroatoms. The Morgan fingerprint density at radius 2 is 2.06 bits per heavy atom. The molecular formula is C21H26F5N5O2. The van der Waals surface area contributed by atoms with E-state index in [2.05, 4.69) is 15.4 Å². The second kappa shape index (κ2) is 9.62. The Labute approximate surface area is 187 Å². The number of likely N-dealkylation sites (tertiary alicyclic amines) is 1. The molecule has 182 valence electrons. The standard InChI is InChI=1S/C21H26F5N5O2/c1-20(2,12-33-17-15(21(24,25)26)5-4-7-27-17)18(32)29-16-6-8-30(3)11-14(16)13-9-28-31(10-13)19(22)23/h4-5,7,9-10,14,16,19H,6,8,11-12H2,1-3H3,(H,29,32)/t14-,16+/m0/s1. The Bertz CT molecular complexity index is 963. The molecule has 0 saturated carbocycles. The predicted molar refractivity (Wildman–Crippen MR) is 109 cm³/mol. The number of carbonyl (C=O) groups is 1. The molecule has 0 aliphatic carbocycles. The Morgan fingerprint density at radius 3 is 2.70 bits per heavy atom. The zero-order valence-corrected chi connectivity index (χ0v) is 18.4. The average Bonchev–Trinajstić information content (AvgIpc) is 3.23. The quantitative estimate of drug-likeness (QED) is 0.619. The number of ether oxygens (including phenoxy) is 1. The summed E-state index contributed by atoms with van der Waals surface area (Å²) in [7, 11) is 1.89. The van der Waals surface area contributed by atoms with Gasteiger partial charge in [-0.05, 0) is 51.6 Å². The van der Waals surface area contributed by atoms with Crippen molar-refractivity contribution in [1.29, 1.82) is 0 Å². The highest BCUT2D eigenvalue weighted by Gasteiger charge is 2.38. The number of alkyl halides is 5. The zero-order chi connectivity index (χ0) is 24.4. The number of halogens is 5. The number of nitrogens with zero attached hydrogens (tertiary/aromatic N) is 4. The number of carbonyl (C=O) groups excluding carboxylic acids is 1. The van der Waals surface area contributed by atoms with E-state index in [1.807, 2.05) is 11.9 Å². The lowest BCUT2D eigenvalue weighted by Gasteiger charge is -2.38. The molecule has 2 aromatic heterocycles. The molecule has 1 amide bonds. The van der Waals surface area contributed by atoms with Gasteiger partial charge in [0, 0.05) is 30.9 Å². The van der Waals surface area contributed by atoms with Crippen molar-refractivity contribution in [3.63, 3.8) is 0 Å². The lowest BCUT2D eigenvalue weighted by atomic mass is 9.86. The molecule has 7 nitrogen and oxygen atoms in total. The maximum Gasteiger partial charge on any atom is 0.421 e. The molecule has 1 fully saturated rings. The van der Waals surface area contributed by atoms with Crippen molar-refractivity contribution in [2.45, 2.75) is 45.0 Å². The first-order chi connectivity index (χ1) is 15.4. The minimum Gasteiger partial charge on any atom is -0.476 e. The van der Waals surface area contributed by atoms with E-state index in [0.29, 0.717) is 29.8 Å². The lowest BCUT2D eigenvalue weighted by Crippen LogP contribution is -2.52. The molecule has 0 bridgehead atoms. The van der Waals surface area contributed by atoms with Crippen LogP contribution in [0.3, 0.4) is 0 Å². The fraction of sp³-hybridized carbons (Fsp3) is 0.571. The normalized spacial score (nSPS) is 20.2. The average molecular weight is 475 g/mol. The summed E-state index contributed by atoms with van der Waals surface area (Å²) in [6.07, 6.45) is -0.257. The van der Waals surface area contributed by atoms with Crippen LogP contribution >= 0.6 is 0 Å². The molecule has 0 unspecified atom stereocenters. The molecule has 0 radical (unpaired) electrons. The molecular weight excluding hydrogens is 449 g/mol. The number of pyridine rings is 1. The summed E-state index contributed by atoms with van der Waals surface area (Å²) in [6.45, 7) is 1.22. The molecule has 1 aliphatic heterocycles. The van der Waals surface area contributed by atoms with Crippen LogP contribution in [0.4, 0.5) is 22.0 Å². The summed E-state index contributed by atoms with van der Waals surface area (Å²) < 4.78 is 71.3. The molecule has 0 spiro atoms. The highest BCUT2D eigenvalue weighted by molar-refractivity contribution is 5.82. The van der Waals surface area contributed by atoms with E-state index in [1.165, 1.54) is 18.6 Å². The summed E-state index contributed by atoms with van der Waals surface area (Å²) in [6, 6.07) is 1.66. The van der Waals surface area contributed by atoms with E-state index >= 15 is 0 Å². The summed E-state index contributed by atoms with van der Waals surface area (Å²) in [5.74, 6) is -1.29.